The first-order valence-corrected chi connectivity index (χ1v) is 9.75. The molecule has 1 aliphatic rings. The summed E-state index contributed by atoms with van der Waals surface area (Å²) in [5, 5.41) is 2.89. The number of esters is 1. The van der Waals surface area contributed by atoms with E-state index in [1.54, 1.807) is 0 Å². The number of carbonyl (C=O) groups is 2. The normalized spacial score (nSPS) is 13.3. The number of benzene rings is 1. The molecule has 27 heavy (non-hydrogen) atoms. The minimum absolute atomic E-state index is 0.0394. The number of rotatable bonds is 5. The molecule has 0 aliphatic carbocycles. The fourth-order valence-electron chi connectivity index (χ4n) is 2.05. The Kier molecular flexibility index (Phi) is 9.51. The molecule has 1 heterocycles. The third kappa shape index (κ3) is 10.8. The van der Waals surface area contributed by atoms with Crippen LogP contribution in [-0.4, -0.2) is 62.6 Å². The molecule has 0 saturated carbocycles. The first kappa shape index (κ1) is 23.2. The summed E-state index contributed by atoms with van der Waals surface area (Å²) < 4.78 is 6.74. The van der Waals surface area contributed by atoms with Crippen molar-refractivity contribution in [3.05, 3.63) is 51.9 Å². The predicted octanol–water partition coefficient (Wildman–Crippen LogP) is 3.22. The van der Waals surface area contributed by atoms with Crippen molar-refractivity contribution < 1.29 is 18.8 Å². The van der Waals surface area contributed by atoms with Gasteiger partial charge < -0.3 is 19.4 Å². The molecule has 0 atom stereocenters. The highest BCUT2D eigenvalue weighted by Gasteiger charge is 2.11. The summed E-state index contributed by atoms with van der Waals surface area (Å²) in [5.41, 5.74) is 1.60. The number of quaternary nitrogens is 1. The van der Waals surface area contributed by atoms with Gasteiger partial charge in [-0.25, -0.2) is 0 Å². The third-order valence-electron chi connectivity index (χ3n) is 3.50. The highest BCUT2D eigenvalue weighted by molar-refractivity contribution is 14.1. The molecule has 0 fully saturated rings. The van der Waals surface area contributed by atoms with Crippen molar-refractivity contribution in [1.29, 1.82) is 0 Å². The molecule has 1 amide bonds. The van der Waals surface area contributed by atoms with Crippen molar-refractivity contribution in [3.8, 4) is 0 Å². The highest BCUT2D eigenvalue weighted by Crippen LogP contribution is 2.15. The van der Waals surface area contributed by atoms with Crippen LogP contribution in [0.15, 0.2) is 48.3 Å². The largest absolute Gasteiger partial charge is 0.460 e. The molecule has 0 bridgehead atoms. The average Bonchev–Trinajstić information content (AvgIpc) is 2.56. The SMILES string of the molecule is CC(=O)OCC[N+](C)(C)C.CN1C=CCC(C(=O)Nc2ccc(I)cc2)=C1. The summed E-state index contributed by atoms with van der Waals surface area (Å²) in [4.78, 5) is 24.1. The average molecular weight is 486 g/mol. The summed E-state index contributed by atoms with van der Waals surface area (Å²) in [7, 11) is 8.09. The van der Waals surface area contributed by atoms with Gasteiger partial charge in [-0.15, -0.1) is 0 Å². The Hall–Kier alpha value is -1.87. The maximum Gasteiger partial charge on any atom is 0.302 e. The molecule has 7 heteroatoms. The maximum absolute atomic E-state index is 12.0. The second-order valence-corrected chi connectivity index (χ2v) is 8.47. The van der Waals surface area contributed by atoms with E-state index in [-0.39, 0.29) is 11.9 Å². The number of likely N-dealkylation sites (N-methyl/N-ethyl adjacent to an activating group) is 1. The minimum Gasteiger partial charge on any atom is -0.460 e. The quantitative estimate of drug-likeness (QED) is 0.395. The first-order chi connectivity index (χ1) is 12.6. The first-order valence-electron chi connectivity index (χ1n) is 8.67. The van der Waals surface area contributed by atoms with Gasteiger partial charge in [0.15, 0.2) is 0 Å². The molecule has 2 rings (SSSR count). The lowest BCUT2D eigenvalue weighted by Crippen LogP contribution is -2.37. The summed E-state index contributed by atoms with van der Waals surface area (Å²) >= 11 is 2.24. The molecule has 0 saturated heterocycles. The van der Waals surface area contributed by atoms with Gasteiger partial charge >= 0.3 is 5.97 Å². The molecule has 148 valence electrons. The van der Waals surface area contributed by atoms with E-state index in [4.69, 9.17) is 4.74 Å². The van der Waals surface area contributed by atoms with Crippen LogP contribution in [0.1, 0.15) is 13.3 Å². The summed E-state index contributed by atoms with van der Waals surface area (Å²) in [6.45, 7) is 2.80. The number of carbonyl (C=O) groups excluding carboxylic acids is 2. The zero-order valence-electron chi connectivity index (χ0n) is 16.7. The number of ether oxygens (including phenoxy) is 1. The molecule has 6 nitrogen and oxygen atoms in total. The highest BCUT2D eigenvalue weighted by atomic mass is 127. The van der Waals surface area contributed by atoms with E-state index in [2.05, 4.69) is 49.1 Å². The minimum atomic E-state index is -0.201. The number of allylic oxidation sites excluding steroid dienone is 1. The van der Waals surface area contributed by atoms with E-state index in [1.165, 1.54) is 6.92 Å². The monoisotopic (exact) mass is 486 g/mol. The molecule has 1 aromatic rings. The lowest BCUT2D eigenvalue weighted by Gasteiger charge is -2.23. The van der Waals surface area contributed by atoms with Gasteiger partial charge in [0.1, 0.15) is 13.2 Å². The Morgan fingerprint density at radius 1 is 1.22 bits per heavy atom. The Morgan fingerprint density at radius 2 is 1.85 bits per heavy atom. The van der Waals surface area contributed by atoms with E-state index in [0.717, 1.165) is 25.9 Å². The summed E-state index contributed by atoms with van der Waals surface area (Å²) in [6.07, 6.45) is 6.45. The number of hydrogen-bond donors (Lipinski definition) is 1. The molecule has 0 aromatic heterocycles. The van der Waals surface area contributed by atoms with Crippen LogP contribution in [0, 0.1) is 3.57 Å². The van der Waals surface area contributed by atoms with E-state index in [0.29, 0.717) is 13.0 Å². The van der Waals surface area contributed by atoms with Crippen LogP contribution in [-0.2, 0) is 14.3 Å². The Balaban J connectivity index is 0.000000314. The summed E-state index contributed by atoms with van der Waals surface area (Å²) in [6, 6.07) is 7.75. The molecule has 0 radical (unpaired) electrons. The lowest BCUT2D eigenvalue weighted by atomic mass is 10.1. The fraction of sp³-hybridized carbons (Fsp3) is 0.400. The zero-order valence-corrected chi connectivity index (χ0v) is 18.8. The van der Waals surface area contributed by atoms with E-state index >= 15 is 0 Å². The number of halogens is 1. The molecule has 1 aliphatic heterocycles. The second-order valence-electron chi connectivity index (χ2n) is 7.22. The topological polar surface area (TPSA) is 58.6 Å². The molecule has 0 spiro atoms. The van der Waals surface area contributed by atoms with Gasteiger partial charge in [0.05, 0.1) is 21.1 Å². The van der Waals surface area contributed by atoms with E-state index in [9.17, 15) is 9.59 Å². The van der Waals surface area contributed by atoms with Gasteiger partial charge in [-0.1, -0.05) is 6.08 Å². The van der Waals surface area contributed by atoms with Gasteiger partial charge in [-0.2, -0.15) is 0 Å². The van der Waals surface area contributed by atoms with Crippen molar-refractivity contribution in [2.75, 3.05) is 46.7 Å². The van der Waals surface area contributed by atoms with E-state index < -0.39 is 0 Å². The zero-order chi connectivity index (χ0) is 20.4. The van der Waals surface area contributed by atoms with Crippen molar-refractivity contribution in [3.63, 3.8) is 0 Å². The van der Waals surface area contributed by atoms with Crippen LogP contribution in [0.2, 0.25) is 0 Å². The third-order valence-corrected chi connectivity index (χ3v) is 4.22. The molecule has 1 N–H and O–H groups in total. The Morgan fingerprint density at radius 3 is 2.37 bits per heavy atom. The van der Waals surface area contributed by atoms with E-state index in [1.807, 2.05) is 54.7 Å². The lowest BCUT2D eigenvalue weighted by molar-refractivity contribution is -0.870. The van der Waals surface area contributed by atoms with Gasteiger partial charge in [0, 0.05) is 35.0 Å². The van der Waals surface area contributed by atoms with Gasteiger partial charge in [-0.05, 0) is 59.5 Å². The van der Waals surface area contributed by atoms with Crippen LogP contribution < -0.4 is 5.32 Å². The van der Waals surface area contributed by atoms with Gasteiger partial charge in [-0.3, -0.25) is 9.59 Å². The molecule has 0 unspecified atom stereocenters. The molecular formula is C20H29IN3O3+. The number of anilines is 1. The van der Waals surface area contributed by atoms with Crippen LogP contribution in [0.5, 0.6) is 0 Å². The Labute approximate surface area is 175 Å². The van der Waals surface area contributed by atoms with Crippen LogP contribution in [0.4, 0.5) is 5.69 Å². The van der Waals surface area contributed by atoms with Crippen LogP contribution in [0.25, 0.3) is 0 Å². The maximum atomic E-state index is 12.0. The van der Waals surface area contributed by atoms with Crippen molar-refractivity contribution in [2.45, 2.75) is 13.3 Å². The van der Waals surface area contributed by atoms with Crippen molar-refractivity contribution in [2.24, 2.45) is 0 Å². The van der Waals surface area contributed by atoms with Gasteiger partial charge in [0.2, 0.25) is 0 Å². The number of hydrogen-bond acceptors (Lipinski definition) is 4. The summed E-state index contributed by atoms with van der Waals surface area (Å²) in [5.74, 6) is -0.240. The Bertz CT molecular complexity index is 691. The van der Waals surface area contributed by atoms with Crippen LogP contribution >= 0.6 is 22.6 Å². The van der Waals surface area contributed by atoms with Gasteiger partial charge in [0.25, 0.3) is 5.91 Å². The number of amides is 1. The fourth-order valence-corrected chi connectivity index (χ4v) is 2.41. The number of nitrogens with zero attached hydrogens (tertiary/aromatic N) is 2. The molecular weight excluding hydrogens is 457 g/mol. The van der Waals surface area contributed by atoms with Crippen molar-refractivity contribution >= 4 is 40.2 Å². The van der Waals surface area contributed by atoms with Crippen LogP contribution in [0.3, 0.4) is 0 Å². The second kappa shape index (κ2) is 11.1. The molecule has 1 aromatic carbocycles. The standard InChI is InChI=1S/C13H13IN2O.C7H16NO2/c1-16-8-2-3-10(9-16)13(17)15-12-6-4-11(14)5-7-12;1-7(9)10-6-5-8(2,3)4/h2,4-9H,3H2,1H3,(H,15,17);5-6H2,1-4H3/q;+1. The predicted molar refractivity (Wildman–Crippen MR) is 117 cm³/mol. The number of nitrogens with one attached hydrogen (secondary N) is 1. The van der Waals surface area contributed by atoms with Crippen molar-refractivity contribution in [1.82, 2.24) is 4.90 Å². The smallest absolute Gasteiger partial charge is 0.302 e.